The van der Waals surface area contributed by atoms with E-state index in [4.69, 9.17) is 5.73 Å². The number of nitrogens with two attached hydrogens (primary N) is 1. The Balaban J connectivity index is 2.37. The van der Waals surface area contributed by atoms with Gasteiger partial charge in [0, 0.05) is 13.1 Å². The molecule has 0 spiro atoms. The highest BCUT2D eigenvalue weighted by Crippen LogP contribution is 2.34. The third kappa shape index (κ3) is 5.30. The van der Waals surface area contributed by atoms with Gasteiger partial charge in [-0.25, -0.2) is 0 Å². The van der Waals surface area contributed by atoms with Gasteiger partial charge in [0.25, 0.3) is 0 Å². The van der Waals surface area contributed by atoms with Crippen LogP contribution >= 0.6 is 0 Å². The summed E-state index contributed by atoms with van der Waals surface area (Å²) in [7, 11) is 0. The van der Waals surface area contributed by atoms with Gasteiger partial charge < -0.3 is 16.0 Å². The van der Waals surface area contributed by atoms with Crippen LogP contribution in [0.15, 0.2) is 0 Å². The van der Waals surface area contributed by atoms with Crippen LogP contribution in [0, 0.1) is 17.3 Å². The first kappa shape index (κ1) is 18.0. The lowest BCUT2D eigenvalue weighted by Gasteiger charge is -2.38. The Hall–Kier alpha value is -1.10. The van der Waals surface area contributed by atoms with Crippen molar-refractivity contribution < 1.29 is 9.59 Å². The SMILES string of the molecule is CC(C)[C@H](N)C(=O)NCC(=O)N1CCC(C(C)(C)C)CC1. The summed E-state index contributed by atoms with van der Waals surface area (Å²) in [6.45, 7) is 12.2. The summed E-state index contributed by atoms with van der Waals surface area (Å²) in [5.41, 5.74) is 6.05. The molecule has 0 bridgehead atoms. The monoisotopic (exact) mass is 297 g/mol. The second kappa shape index (κ2) is 7.25. The largest absolute Gasteiger partial charge is 0.346 e. The number of carbonyl (C=O) groups excluding carboxylic acids is 2. The fraction of sp³-hybridized carbons (Fsp3) is 0.875. The second-order valence-electron chi connectivity index (χ2n) is 7.51. The Morgan fingerprint density at radius 2 is 1.76 bits per heavy atom. The van der Waals surface area contributed by atoms with Crippen LogP contribution in [0.25, 0.3) is 0 Å². The molecule has 0 unspecified atom stereocenters. The number of carbonyl (C=O) groups is 2. The lowest BCUT2D eigenvalue weighted by atomic mass is 9.75. The van der Waals surface area contributed by atoms with Crippen LogP contribution in [0.1, 0.15) is 47.5 Å². The summed E-state index contributed by atoms with van der Waals surface area (Å²) in [6.07, 6.45) is 2.07. The summed E-state index contributed by atoms with van der Waals surface area (Å²) in [5.74, 6) is 0.475. The number of hydrogen-bond acceptors (Lipinski definition) is 3. The number of rotatable bonds is 4. The van der Waals surface area contributed by atoms with Crippen LogP contribution < -0.4 is 11.1 Å². The van der Waals surface area contributed by atoms with Gasteiger partial charge >= 0.3 is 0 Å². The van der Waals surface area contributed by atoms with E-state index in [-0.39, 0.29) is 24.3 Å². The molecule has 1 saturated heterocycles. The molecule has 0 aromatic heterocycles. The van der Waals surface area contributed by atoms with Gasteiger partial charge in [-0.2, -0.15) is 0 Å². The van der Waals surface area contributed by atoms with Crippen LogP contribution in [-0.2, 0) is 9.59 Å². The molecule has 5 nitrogen and oxygen atoms in total. The van der Waals surface area contributed by atoms with E-state index in [9.17, 15) is 9.59 Å². The molecule has 21 heavy (non-hydrogen) atoms. The van der Waals surface area contributed by atoms with Crippen molar-refractivity contribution in [3.63, 3.8) is 0 Å². The van der Waals surface area contributed by atoms with E-state index >= 15 is 0 Å². The van der Waals surface area contributed by atoms with Crippen molar-refractivity contribution in [2.75, 3.05) is 19.6 Å². The topological polar surface area (TPSA) is 75.4 Å². The molecular weight excluding hydrogens is 266 g/mol. The predicted molar refractivity (Wildman–Crippen MR) is 84.6 cm³/mol. The average Bonchev–Trinajstić information content (AvgIpc) is 2.42. The maximum Gasteiger partial charge on any atom is 0.241 e. The molecule has 2 amide bonds. The molecule has 0 radical (unpaired) electrons. The minimum Gasteiger partial charge on any atom is -0.346 e. The number of amides is 2. The molecule has 122 valence electrons. The summed E-state index contributed by atoms with van der Waals surface area (Å²) in [6, 6.07) is -0.551. The lowest BCUT2D eigenvalue weighted by Crippen LogP contribution is -2.49. The first-order valence-electron chi connectivity index (χ1n) is 7.94. The molecular formula is C16H31N3O2. The normalized spacial score (nSPS) is 18.7. The number of hydrogen-bond donors (Lipinski definition) is 2. The molecule has 3 N–H and O–H groups in total. The van der Waals surface area contributed by atoms with Gasteiger partial charge in [0.05, 0.1) is 12.6 Å². The molecule has 0 saturated carbocycles. The third-order valence-corrected chi connectivity index (χ3v) is 4.51. The van der Waals surface area contributed by atoms with Crippen LogP contribution in [0.5, 0.6) is 0 Å². The highest BCUT2D eigenvalue weighted by molar-refractivity contribution is 5.87. The van der Waals surface area contributed by atoms with Gasteiger partial charge in [0.2, 0.25) is 11.8 Å². The van der Waals surface area contributed by atoms with Crippen LogP contribution in [-0.4, -0.2) is 42.4 Å². The molecule has 1 atom stereocenters. The average molecular weight is 297 g/mol. The Kier molecular flexibility index (Phi) is 6.20. The first-order chi connectivity index (χ1) is 9.62. The summed E-state index contributed by atoms with van der Waals surface area (Å²) < 4.78 is 0. The zero-order valence-corrected chi connectivity index (χ0v) is 14.1. The highest BCUT2D eigenvalue weighted by atomic mass is 16.2. The number of nitrogens with zero attached hydrogens (tertiary/aromatic N) is 1. The smallest absolute Gasteiger partial charge is 0.241 e. The van der Waals surface area contributed by atoms with E-state index < -0.39 is 6.04 Å². The molecule has 1 heterocycles. The van der Waals surface area contributed by atoms with E-state index in [1.807, 2.05) is 18.7 Å². The van der Waals surface area contributed by atoms with Gasteiger partial charge in [-0.3, -0.25) is 9.59 Å². The van der Waals surface area contributed by atoms with Gasteiger partial charge in [-0.15, -0.1) is 0 Å². The van der Waals surface area contributed by atoms with Crippen LogP contribution in [0.3, 0.4) is 0 Å². The molecule has 1 fully saturated rings. The van der Waals surface area contributed by atoms with Gasteiger partial charge in [-0.05, 0) is 30.1 Å². The maximum atomic E-state index is 12.1. The standard InChI is InChI=1S/C16H31N3O2/c1-11(2)14(17)15(21)18-10-13(20)19-8-6-12(7-9-19)16(3,4)5/h11-12,14H,6-10,17H2,1-5H3,(H,18,21)/t14-/m0/s1. The van der Waals surface area contributed by atoms with Crippen LogP contribution in [0.2, 0.25) is 0 Å². The Morgan fingerprint density at radius 3 is 2.19 bits per heavy atom. The maximum absolute atomic E-state index is 12.1. The molecule has 0 aromatic carbocycles. The van der Waals surface area contributed by atoms with E-state index in [0.717, 1.165) is 25.9 Å². The summed E-state index contributed by atoms with van der Waals surface area (Å²) in [4.78, 5) is 25.7. The number of nitrogens with one attached hydrogen (secondary N) is 1. The minimum absolute atomic E-state index is 0.00772. The van der Waals surface area contributed by atoms with Crippen LogP contribution in [0.4, 0.5) is 0 Å². The zero-order valence-electron chi connectivity index (χ0n) is 14.1. The lowest BCUT2D eigenvalue weighted by molar-refractivity contribution is -0.134. The quantitative estimate of drug-likeness (QED) is 0.823. The van der Waals surface area contributed by atoms with E-state index in [1.54, 1.807) is 0 Å². The van der Waals surface area contributed by atoms with Crippen molar-refractivity contribution in [3.8, 4) is 0 Å². The van der Waals surface area contributed by atoms with E-state index in [2.05, 4.69) is 26.1 Å². The molecule has 1 rings (SSSR count). The summed E-state index contributed by atoms with van der Waals surface area (Å²) >= 11 is 0. The fourth-order valence-corrected chi connectivity index (χ4v) is 2.69. The van der Waals surface area contributed by atoms with Crippen molar-refractivity contribution in [2.24, 2.45) is 23.0 Å². The predicted octanol–water partition coefficient (Wildman–Crippen LogP) is 1.37. The van der Waals surface area contributed by atoms with Gasteiger partial charge in [-0.1, -0.05) is 34.6 Å². The van der Waals surface area contributed by atoms with Crippen molar-refractivity contribution in [1.29, 1.82) is 0 Å². The zero-order chi connectivity index (χ0) is 16.2. The van der Waals surface area contributed by atoms with Crippen molar-refractivity contribution in [2.45, 2.75) is 53.5 Å². The number of piperidine rings is 1. The highest BCUT2D eigenvalue weighted by Gasteiger charge is 2.30. The Labute approximate surface area is 128 Å². The first-order valence-corrected chi connectivity index (χ1v) is 7.94. The molecule has 0 aliphatic carbocycles. The van der Waals surface area contributed by atoms with E-state index in [1.165, 1.54) is 0 Å². The van der Waals surface area contributed by atoms with Crippen molar-refractivity contribution in [3.05, 3.63) is 0 Å². The van der Waals surface area contributed by atoms with Gasteiger partial charge in [0.15, 0.2) is 0 Å². The molecule has 1 aliphatic heterocycles. The summed E-state index contributed by atoms with van der Waals surface area (Å²) in [5, 5.41) is 2.65. The number of likely N-dealkylation sites (tertiary alicyclic amines) is 1. The fourth-order valence-electron chi connectivity index (χ4n) is 2.69. The van der Waals surface area contributed by atoms with E-state index in [0.29, 0.717) is 11.3 Å². The Bertz CT molecular complexity index is 366. The molecule has 0 aromatic rings. The molecule has 1 aliphatic rings. The van der Waals surface area contributed by atoms with Crippen molar-refractivity contribution >= 4 is 11.8 Å². The van der Waals surface area contributed by atoms with Gasteiger partial charge in [0.1, 0.15) is 0 Å². The Morgan fingerprint density at radius 1 is 1.24 bits per heavy atom. The third-order valence-electron chi connectivity index (χ3n) is 4.51. The second-order valence-corrected chi connectivity index (χ2v) is 7.51. The van der Waals surface area contributed by atoms with Crippen molar-refractivity contribution in [1.82, 2.24) is 10.2 Å². The minimum atomic E-state index is -0.551. The molecule has 5 heteroatoms.